The molecule has 0 saturated heterocycles. The van der Waals surface area contributed by atoms with Crippen molar-refractivity contribution in [2.45, 2.75) is 20.8 Å². The predicted molar refractivity (Wildman–Crippen MR) is 111 cm³/mol. The molecule has 6 nitrogen and oxygen atoms in total. The molecule has 146 valence electrons. The van der Waals surface area contributed by atoms with Gasteiger partial charge in [-0.1, -0.05) is 29.8 Å². The van der Waals surface area contributed by atoms with Crippen LogP contribution < -0.4 is 5.56 Å². The van der Waals surface area contributed by atoms with E-state index in [2.05, 4.69) is 11.2 Å². The number of ether oxygens (including phenoxy) is 1. The average Bonchev–Trinajstić information content (AvgIpc) is 3.03. The summed E-state index contributed by atoms with van der Waals surface area (Å²) in [6.45, 7) is 5.96. The number of hydrogen-bond acceptors (Lipinski definition) is 4. The fraction of sp³-hybridized carbons (Fsp3) is 0.174. The fourth-order valence-electron chi connectivity index (χ4n) is 3.53. The second-order valence-corrected chi connectivity index (χ2v) is 7.18. The van der Waals surface area contributed by atoms with Crippen molar-refractivity contribution < 1.29 is 9.53 Å². The van der Waals surface area contributed by atoms with Gasteiger partial charge in [-0.2, -0.15) is 9.78 Å². The molecule has 0 radical (unpaired) electrons. The summed E-state index contributed by atoms with van der Waals surface area (Å²) in [5.41, 5.74) is 5.36. The molecule has 0 aromatic heterocycles. The van der Waals surface area contributed by atoms with Gasteiger partial charge in [0.05, 0.1) is 18.4 Å². The maximum atomic E-state index is 13.2. The molecule has 0 spiro atoms. The van der Waals surface area contributed by atoms with Crippen molar-refractivity contribution in [1.82, 2.24) is 14.3 Å². The van der Waals surface area contributed by atoms with Gasteiger partial charge < -0.3 is 9.30 Å². The summed E-state index contributed by atoms with van der Waals surface area (Å²) in [5.74, 6) is -0.539. The van der Waals surface area contributed by atoms with Crippen LogP contribution in [0.25, 0.3) is 22.6 Å². The molecule has 0 unspecified atom stereocenters. The zero-order valence-corrected chi connectivity index (χ0v) is 16.8. The van der Waals surface area contributed by atoms with Gasteiger partial charge in [-0.3, -0.25) is 4.79 Å². The molecule has 0 atom stereocenters. The zero-order chi connectivity index (χ0) is 20.7. The van der Waals surface area contributed by atoms with Crippen LogP contribution in [0, 0.1) is 20.8 Å². The summed E-state index contributed by atoms with van der Waals surface area (Å²) in [5, 5.41) is 4.45. The van der Waals surface area contributed by atoms with E-state index in [9.17, 15) is 9.59 Å². The number of hydrogen-bond donors (Lipinski definition) is 0. The SMILES string of the molecule is COC(=O)c1cn(-c2ccc(C)cc2C)cc2c(=O)n(-c3cccc(C)c3)nc1-2. The molecule has 2 heterocycles. The number of benzene rings is 2. The first-order valence-electron chi connectivity index (χ1n) is 9.27. The van der Waals surface area contributed by atoms with Gasteiger partial charge in [0, 0.05) is 18.1 Å². The van der Waals surface area contributed by atoms with Gasteiger partial charge in [0.25, 0.3) is 5.56 Å². The highest BCUT2D eigenvalue weighted by molar-refractivity contribution is 5.96. The Bertz CT molecular complexity index is 1270. The van der Waals surface area contributed by atoms with E-state index in [0.29, 0.717) is 16.9 Å². The van der Waals surface area contributed by atoms with Crippen molar-refractivity contribution in [3.8, 4) is 22.6 Å². The first-order valence-corrected chi connectivity index (χ1v) is 9.27. The highest BCUT2D eigenvalue weighted by Crippen LogP contribution is 2.26. The summed E-state index contributed by atoms with van der Waals surface area (Å²) >= 11 is 0. The van der Waals surface area contributed by atoms with Crippen molar-refractivity contribution in [3.05, 3.63) is 87.5 Å². The number of nitrogens with zero attached hydrogens (tertiary/aromatic N) is 3. The zero-order valence-electron chi connectivity index (χ0n) is 16.8. The van der Waals surface area contributed by atoms with Crippen LogP contribution in [0.5, 0.6) is 0 Å². The number of carbonyl (C=O) groups excluding carboxylic acids is 1. The van der Waals surface area contributed by atoms with Crippen LogP contribution in [0.2, 0.25) is 0 Å². The first kappa shape index (κ1) is 18.7. The number of aromatic nitrogens is 3. The number of fused-ring (bicyclic) bond motifs is 1. The van der Waals surface area contributed by atoms with E-state index in [0.717, 1.165) is 22.4 Å². The van der Waals surface area contributed by atoms with Gasteiger partial charge in [0.2, 0.25) is 0 Å². The molecule has 4 rings (SSSR count). The largest absolute Gasteiger partial charge is 0.465 e. The number of rotatable bonds is 3. The highest BCUT2D eigenvalue weighted by Gasteiger charge is 2.25. The normalized spacial score (nSPS) is 11.0. The monoisotopic (exact) mass is 387 g/mol. The Kier molecular flexibility index (Phi) is 4.54. The molecule has 2 aromatic rings. The Morgan fingerprint density at radius 3 is 2.45 bits per heavy atom. The van der Waals surface area contributed by atoms with Crippen LogP contribution in [0.1, 0.15) is 27.0 Å². The van der Waals surface area contributed by atoms with E-state index in [-0.39, 0.29) is 11.1 Å². The molecule has 2 aromatic carbocycles. The lowest BCUT2D eigenvalue weighted by molar-refractivity contribution is 0.0600. The molecule has 0 amide bonds. The van der Waals surface area contributed by atoms with Crippen LogP contribution in [0.4, 0.5) is 0 Å². The molecule has 2 aliphatic heterocycles. The molecule has 0 N–H and O–H groups in total. The van der Waals surface area contributed by atoms with Crippen LogP contribution in [-0.2, 0) is 4.74 Å². The summed E-state index contributed by atoms with van der Waals surface area (Å²) in [6.07, 6.45) is 3.39. The highest BCUT2D eigenvalue weighted by atomic mass is 16.5. The molecule has 0 saturated carbocycles. The number of pyridine rings is 1. The van der Waals surface area contributed by atoms with E-state index in [1.54, 1.807) is 17.0 Å². The topological polar surface area (TPSA) is 66.1 Å². The van der Waals surface area contributed by atoms with Gasteiger partial charge in [-0.25, -0.2) is 4.79 Å². The van der Waals surface area contributed by atoms with Crippen molar-refractivity contribution in [1.29, 1.82) is 0 Å². The van der Waals surface area contributed by atoms with Crippen molar-refractivity contribution in [2.75, 3.05) is 7.11 Å². The van der Waals surface area contributed by atoms with E-state index < -0.39 is 5.97 Å². The van der Waals surface area contributed by atoms with Crippen LogP contribution >= 0.6 is 0 Å². The lowest BCUT2D eigenvalue weighted by Gasteiger charge is -2.14. The predicted octanol–water partition coefficient (Wildman–Crippen LogP) is 3.84. The van der Waals surface area contributed by atoms with Gasteiger partial charge in [0.1, 0.15) is 11.3 Å². The minimum absolute atomic E-state index is 0.244. The Morgan fingerprint density at radius 2 is 1.76 bits per heavy atom. The maximum absolute atomic E-state index is 13.2. The molecule has 29 heavy (non-hydrogen) atoms. The van der Waals surface area contributed by atoms with Crippen molar-refractivity contribution in [2.24, 2.45) is 0 Å². The minimum atomic E-state index is -0.539. The minimum Gasteiger partial charge on any atom is -0.465 e. The Balaban J connectivity index is 2.01. The Hall–Kier alpha value is -3.67. The summed E-state index contributed by atoms with van der Waals surface area (Å²) in [6, 6.07) is 13.5. The van der Waals surface area contributed by atoms with Gasteiger partial charge in [0.15, 0.2) is 0 Å². The number of esters is 1. The maximum Gasteiger partial charge on any atom is 0.341 e. The first-order chi connectivity index (χ1) is 13.9. The molecule has 0 bridgehead atoms. The summed E-state index contributed by atoms with van der Waals surface area (Å²) in [4.78, 5) is 25.6. The molecular weight excluding hydrogens is 366 g/mol. The lowest BCUT2D eigenvalue weighted by atomic mass is 10.1. The number of methoxy groups -OCH3 is 1. The van der Waals surface area contributed by atoms with Crippen LogP contribution in [0.15, 0.2) is 59.7 Å². The molecule has 2 aliphatic rings. The van der Waals surface area contributed by atoms with Gasteiger partial charge >= 0.3 is 5.97 Å². The van der Waals surface area contributed by atoms with Gasteiger partial charge in [-0.15, -0.1) is 0 Å². The average molecular weight is 387 g/mol. The quantitative estimate of drug-likeness (QED) is 0.501. The number of carbonyl (C=O) groups is 1. The smallest absolute Gasteiger partial charge is 0.341 e. The van der Waals surface area contributed by atoms with Crippen LogP contribution in [-0.4, -0.2) is 27.4 Å². The van der Waals surface area contributed by atoms with E-state index >= 15 is 0 Å². The van der Waals surface area contributed by atoms with E-state index in [1.807, 2.05) is 57.2 Å². The second-order valence-electron chi connectivity index (χ2n) is 7.18. The van der Waals surface area contributed by atoms with Gasteiger partial charge in [-0.05, 0) is 50.1 Å². The van der Waals surface area contributed by atoms with E-state index in [1.165, 1.54) is 11.8 Å². The molecule has 0 fully saturated rings. The number of aryl methyl sites for hydroxylation is 3. The van der Waals surface area contributed by atoms with Crippen molar-refractivity contribution >= 4 is 5.97 Å². The Morgan fingerprint density at radius 1 is 1.00 bits per heavy atom. The third-order valence-electron chi connectivity index (χ3n) is 4.95. The molecule has 6 heteroatoms. The Labute approximate surface area is 168 Å². The fourth-order valence-corrected chi connectivity index (χ4v) is 3.53. The molecular formula is C23H21N3O3. The summed E-state index contributed by atoms with van der Waals surface area (Å²) < 4.78 is 8.07. The van der Waals surface area contributed by atoms with E-state index in [4.69, 9.17) is 4.74 Å². The lowest BCUT2D eigenvalue weighted by Crippen LogP contribution is -2.15. The third kappa shape index (κ3) is 3.23. The molecule has 0 aliphatic carbocycles. The second kappa shape index (κ2) is 7.05. The standard InChI is InChI=1S/C23H21N3O3/c1-14-6-5-7-17(11-14)26-22(27)18-12-25(20-9-8-15(2)10-16(20)3)13-19(21(18)24-26)23(28)29-4/h5-13H,1-4H3. The van der Waals surface area contributed by atoms with Crippen molar-refractivity contribution in [3.63, 3.8) is 0 Å². The van der Waals surface area contributed by atoms with Crippen LogP contribution in [0.3, 0.4) is 0 Å². The third-order valence-corrected chi connectivity index (χ3v) is 4.95. The summed E-state index contributed by atoms with van der Waals surface area (Å²) in [7, 11) is 1.32.